The number of carboxylic acids is 1. The van der Waals surface area contributed by atoms with E-state index in [1.165, 1.54) is 7.05 Å². The quantitative estimate of drug-likeness (QED) is 0.525. The second-order valence-corrected chi connectivity index (χ2v) is 6.87. The van der Waals surface area contributed by atoms with Crippen LogP contribution in [0.5, 0.6) is 0 Å². The summed E-state index contributed by atoms with van der Waals surface area (Å²) in [5, 5.41) is 14.1. The number of sulfonamides is 1. The van der Waals surface area contributed by atoms with E-state index in [-0.39, 0.29) is 18.3 Å². The molecule has 1 aliphatic carbocycles. The van der Waals surface area contributed by atoms with E-state index in [1.807, 2.05) is 0 Å². The van der Waals surface area contributed by atoms with Crippen molar-refractivity contribution in [3.05, 3.63) is 0 Å². The summed E-state index contributed by atoms with van der Waals surface area (Å²) in [5.74, 6) is -1.45. The van der Waals surface area contributed by atoms with Crippen LogP contribution in [0.4, 0.5) is 4.79 Å². The molecule has 0 aromatic heterocycles. The Labute approximate surface area is 118 Å². The number of amides is 2. The van der Waals surface area contributed by atoms with Crippen molar-refractivity contribution < 1.29 is 23.1 Å². The van der Waals surface area contributed by atoms with Crippen molar-refractivity contribution in [2.45, 2.75) is 31.7 Å². The molecule has 1 saturated carbocycles. The van der Waals surface area contributed by atoms with Gasteiger partial charge in [-0.05, 0) is 26.3 Å². The first-order valence-electron chi connectivity index (χ1n) is 6.52. The van der Waals surface area contributed by atoms with Crippen molar-refractivity contribution in [1.82, 2.24) is 15.4 Å². The summed E-state index contributed by atoms with van der Waals surface area (Å²) in [6.07, 6.45) is 2.55. The molecule has 20 heavy (non-hydrogen) atoms. The first-order valence-corrected chi connectivity index (χ1v) is 8.17. The summed E-state index contributed by atoms with van der Waals surface area (Å²) in [5.41, 5.74) is 0. The van der Waals surface area contributed by atoms with E-state index in [0.29, 0.717) is 12.8 Å². The average molecular weight is 307 g/mol. The lowest BCUT2D eigenvalue weighted by molar-refractivity contribution is -0.143. The smallest absolute Gasteiger partial charge is 0.315 e. The highest BCUT2D eigenvalue weighted by molar-refractivity contribution is 7.89. The summed E-state index contributed by atoms with van der Waals surface area (Å²) >= 11 is 0. The van der Waals surface area contributed by atoms with Gasteiger partial charge in [0.25, 0.3) is 0 Å². The third kappa shape index (κ3) is 5.74. The Morgan fingerprint density at radius 1 is 1.30 bits per heavy atom. The van der Waals surface area contributed by atoms with Crippen molar-refractivity contribution in [2.24, 2.45) is 5.92 Å². The molecule has 0 saturated heterocycles. The maximum absolute atomic E-state index is 11.6. The lowest BCUT2D eigenvalue weighted by Crippen LogP contribution is -2.46. The molecule has 2 atom stereocenters. The molecule has 2 amide bonds. The van der Waals surface area contributed by atoms with E-state index in [2.05, 4.69) is 15.4 Å². The molecule has 2 unspecified atom stereocenters. The highest BCUT2D eigenvalue weighted by Crippen LogP contribution is 2.24. The third-order valence-corrected chi connectivity index (χ3v) is 4.69. The highest BCUT2D eigenvalue weighted by Gasteiger charge is 2.27. The molecular formula is C11H21N3O5S. The molecular weight excluding hydrogens is 286 g/mol. The van der Waals surface area contributed by atoms with Crippen molar-refractivity contribution in [3.63, 3.8) is 0 Å². The molecule has 0 aromatic carbocycles. The van der Waals surface area contributed by atoms with Gasteiger partial charge in [-0.15, -0.1) is 0 Å². The Morgan fingerprint density at radius 2 is 2.00 bits per heavy atom. The van der Waals surface area contributed by atoms with Gasteiger partial charge in [0.1, 0.15) is 0 Å². The normalized spacial score (nSPS) is 23.1. The van der Waals surface area contributed by atoms with Crippen molar-refractivity contribution in [3.8, 4) is 0 Å². The third-order valence-electron chi connectivity index (χ3n) is 3.33. The molecule has 4 N–H and O–H groups in total. The van der Waals surface area contributed by atoms with E-state index in [9.17, 15) is 18.0 Å². The zero-order valence-corrected chi connectivity index (χ0v) is 12.2. The summed E-state index contributed by atoms with van der Waals surface area (Å²) in [6.45, 7) is 0.00405. The number of hydrogen-bond acceptors (Lipinski definition) is 4. The predicted molar refractivity (Wildman–Crippen MR) is 72.8 cm³/mol. The van der Waals surface area contributed by atoms with Crippen LogP contribution in [0.2, 0.25) is 0 Å². The van der Waals surface area contributed by atoms with Crippen LogP contribution in [0.15, 0.2) is 0 Å². The van der Waals surface area contributed by atoms with Gasteiger partial charge in [0.05, 0.1) is 11.7 Å². The summed E-state index contributed by atoms with van der Waals surface area (Å²) in [6, 6.07) is -0.641. The van der Waals surface area contributed by atoms with Crippen LogP contribution < -0.4 is 15.4 Å². The minimum atomic E-state index is -3.34. The van der Waals surface area contributed by atoms with Gasteiger partial charge in [0.15, 0.2) is 0 Å². The Kier molecular flexibility index (Phi) is 6.21. The zero-order chi connectivity index (χ0) is 15.2. The van der Waals surface area contributed by atoms with Crippen LogP contribution in [0.25, 0.3) is 0 Å². The molecule has 0 bridgehead atoms. The SMILES string of the molecule is CNS(=O)(=O)CCNC(=O)NC1CCCC(C(=O)O)C1. The van der Waals surface area contributed by atoms with Crippen molar-refractivity contribution >= 4 is 22.0 Å². The minimum absolute atomic E-state index is 0.00405. The van der Waals surface area contributed by atoms with E-state index >= 15 is 0 Å². The largest absolute Gasteiger partial charge is 0.481 e. The maximum atomic E-state index is 11.6. The van der Waals surface area contributed by atoms with Gasteiger partial charge >= 0.3 is 12.0 Å². The Morgan fingerprint density at radius 3 is 2.60 bits per heavy atom. The Hall–Kier alpha value is -1.35. The fraction of sp³-hybridized carbons (Fsp3) is 0.818. The molecule has 116 valence electrons. The predicted octanol–water partition coefficient (Wildman–Crippen LogP) is -0.522. The Bertz CT molecular complexity index is 451. The second-order valence-electron chi connectivity index (χ2n) is 4.82. The van der Waals surface area contributed by atoms with Crippen LogP contribution in [-0.4, -0.2) is 50.9 Å². The van der Waals surface area contributed by atoms with Gasteiger partial charge < -0.3 is 15.7 Å². The fourth-order valence-corrected chi connectivity index (χ4v) is 2.76. The van der Waals surface area contributed by atoms with Crippen LogP contribution in [-0.2, 0) is 14.8 Å². The molecule has 1 aliphatic rings. The van der Waals surface area contributed by atoms with Crippen molar-refractivity contribution in [1.29, 1.82) is 0 Å². The van der Waals surface area contributed by atoms with Crippen LogP contribution in [0.3, 0.4) is 0 Å². The summed E-state index contributed by atoms with van der Waals surface area (Å²) < 4.78 is 24.4. The molecule has 1 rings (SSSR count). The van der Waals surface area contributed by atoms with Crippen molar-refractivity contribution in [2.75, 3.05) is 19.3 Å². The van der Waals surface area contributed by atoms with E-state index < -0.39 is 27.9 Å². The number of rotatable bonds is 6. The lowest BCUT2D eigenvalue weighted by atomic mass is 9.86. The number of urea groups is 1. The van der Waals surface area contributed by atoms with E-state index in [4.69, 9.17) is 5.11 Å². The minimum Gasteiger partial charge on any atom is -0.481 e. The fourth-order valence-electron chi connectivity index (χ4n) is 2.18. The molecule has 0 aliphatic heterocycles. The average Bonchev–Trinajstić information content (AvgIpc) is 2.38. The lowest BCUT2D eigenvalue weighted by Gasteiger charge is -2.27. The maximum Gasteiger partial charge on any atom is 0.315 e. The van der Waals surface area contributed by atoms with Gasteiger partial charge in [-0.1, -0.05) is 6.42 Å². The molecule has 1 fully saturated rings. The standard InChI is InChI=1S/C11H21N3O5S/c1-12-20(18,19)6-5-13-11(17)14-9-4-2-3-8(7-9)10(15)16/h8-9,12H,2-7H2,1H3,(H,15,16)(H2,13,14,17). The molecule has 8 nitrogen and oxygen atoms in total. The molecule has 0 aromatic rings. The molecule has 0 radical (unpaired) electrons. The Balaban J connectivity index is 2.30. The number of aliphatic carboxylic acids is 1. The van der Waals surface area contributed by atoms with Gasteiger partial charge in [0.2, 0.25) is 10.0 Å². The van der Waals surface area contributed by atoms with Gasteiger partial charge in [-0.25, -0.2) is 17.9 Å². The molecule has 9 heteroatoms. The number of carbonyl (C=O) groups excluding carboxylic acids is 1. The van der Waals surface area contributed by atoms with Crippen LogP contribution in [0, 0.1) is 5.92 Å². The summed E-state index contributed by atoms with van der Waals surface area (Å²) in [7, 11) is -2.03. The van der Waals surface area contributed by atoms with Gasteiger partial charge in [0, 0.05) is 12.6 Å². The summed E-state index contributed by atoms with van der Waals surface area (Å²) in [4.78, 5) is 22.5. The van der Waals surface area contributed by atoms with Crippen LogP contribution in [0.1, 0.15) is 25.7 Å². The second kappa shape index (κ2) is 7.44. The van der Waals surface area contributed by atoms with Gasteiger partial charge in [-0.3, -0.25) is 4.79 Å². The monoisotopic (exact) mass is 307 g/mol. The topological polar surface area (TPSA) is 125 Å². The van der Waals surface area contributed by atoms with Gasteiger partial charge in [-0.2, -0.15) is 0 Å². The first kappa shape index (κ1) is 16.7. The number of hydrogen-bond donors (Lipinski definition) is 4. The molecule has 0 heterocycles. The van der Waals surface area contributed by atoms with Crippen LogP contribution >= 0.6 is 0 Å². The zero-order valence-electron chi connectivity index (χ0n) is 11.4. The first-order chi connectivity index (χ1) is 9.34. The number of carbonyl (C=O) groups is 2. The number of nitrogens with one attached hydrogen (secondary N) is 3. The molecule has 0 spiro atoms. The van der Waals surface area contributed by atoms with E-state index in [1.54, 1.807) is 0 Å². The highest BCUT2D eigenvalue weighted by atomic mass is 32.2. The number of carboxylic acid groups (broad SMARTS) is 1. The van der Waals surface area contributed by atoms with E-state index in [0.717, 1.165) is 12.8 Å².